The van der Waals surface area contributed by atoms with Crippen molar-refractivity contribution in [2.24, 2.45) is 0 Å². The number of rotatable bonds is 7. The van der Waals surface area contributed by atoms with Crippen LogP contribution in [0.3, 0.4) is 0 Å². The Labute approximate surface area is 193 Å². The Morgan fingerprint density at radius 3 is 2.38 bits per heavy atom. The average molecular weight is 484 g/mol. The molecule has 0 saturated heterocycles. The summed E-state index contributed by atoms with van der Waals surface area (Å²) in [4.78, 5) is 17.6. The second-order valence-corrected chi connectivity index (χ2v) is 9.23. The third-order valence-corrected chi connectivity index (χ3v) is 5.84. The summed E-state index contributed by atoms with van der Waals surface area (Å²) in [5, 5.41) is 3.27. The van der Waals surface area contributed by atoms with Crippen LogP contribution in [-0.2, 0) is 9.84 Å². The number of nitrogens with zero attached hydrogens (tertiary/aromatic N) is 1. The first-order valence-corrected chi connectivity index (χ1v) is 11.8. The maximum atomic E-state index is 13.2. The van der Waals surface area contributed by atoms with Crippen LogP contribution in [0, 0.1) is 0 Å². The van der Waals surface area contributed by atoms with Crippen molar-refractivity contribution in [1.29, 1.82) is 0 Å². The first-order chi connectivity index (χ1) is 16.2. The molecule has 174 valence electrons. The summed E-state index contributed by atoms with van der Waals surface area (Å²) in [7, 11) is -3.48. The highest BCUT2D eigenvalue weighted by molar-refractivity contribution is 7.90. The van der Waals surface area contributed by atoms with Crippen LogP contribution in [0.1, 0.15) is 10.4 Å². The number of fused-ring (bicyclic) bond motifs is 1. The molecule has 0 aliphatic carbocycles. The number of para-hydroxylation sites is 3. The number of ether oxygens (including phenoxy) is 2. The van der Waals surface area contributed by atoms with Crippen molar-refractivity contribution in [3.8, 4) is 17.4 Å². The Bertz CT molecular complexity index is 1480. The Morgan fingerprint density at radius 2 is 1.65 bits per heavy atom. The fourth-order valence-corrected chi connectivity index (χ4v) is 3.84. The van der Waals surface area contributed by atoms with E-state index in [9.17, 15) is 22.0 Å². The Kier molecular flexibility index (Phi) is 6.42. The lowest BCUT2D eigenvalue weighted by atomic mass is 10.1. The summed E-state index contributed by atoms with van der Waals surface area (Å²) in [6, 6.07) is 20.1. The van der Waals surface area contributed by atoms with Gasteiger partial charge in [0.1, 0.15) is 5.56 Å². The molecule has 0 unspecified atom stereocenters. The van der Waals surface area contributed by atoms with E-state index in [0.717, 1.165) is 6.26 Å². The molecule has 1 aromatic heterocycles. The normalized spacial score (nSPS) is 11.4. The molecule has 7 nitrogen and oxygen atoms in total. The number of benzene rings is 3. The van der Waals surface area contributed by atoms with Crippen LogP contribution in [0.5, 0.6) is 17.4 Å². The zero-order chi connectivity index (χ0) is 24.3. The highest BCUT2D eigenvalue weighted by atomic mass is 32.2. The number of anilines is 1. The van der Waals surface area contributed by atoms with Crippen LogP contribution < -0.4 is 14.8 Å². The predicted octanol–water partition coefficient (Wildman–Crippen LogP) is 5.28. The highest BCUT2D eigenvalue weighted by Crippen LogP contribution is 2.34. The van der Waals surface area contributed by atoms with Crippen LogP contribution in [0.15, 0.2) is 83.8 Å². The van der Waals surface area contributed by atoms with Crippen LogP contribution in [0.4, 0.5) is 14.5 Å². The fourth-order valence-electron chi connectivity index (χ4n) is 3.17. The van der Waals surface area contributed by atoms with E-state index in [0.29, 0.717) is 10.9 Å². The molecule has 0 spiro atoms. The van der Waals surface area contributed by atoms with Crippen LogP contribution in [0.2, 0.25) is 0 Å². The van der Waals surface area contributed by atoms with Crippen LogP contribution in [0.25, 0.3) is 10.9 Å². The minimum atomic E-state index is -3.48. The molecule has 3 aromatic carbocycles. The molecular weight excluding hydrogens is 466 g/mol. The van der Waals surface area contributed by atoms with Gasteiger partial charge in [0.25, 0.3) is 5.91 Å². The summed E-state index contributed by atoms with van der Waals surface area (Å²) in [6.07, 6.45) is 1.06. The number of hydrogen-bond donors (Lipinski definition) is 1. The second kappa shape index (κ2) is 9.44. The summed E-state index contributed by atoms with van der Waals surface area (Å²) < 4.78 is 59.6. The summed E-state index contributed by atoms with van der Waals surface area (Å²) >= 11 is 0. The lowest BCUT2D eigenvalue weighted by Gasteiger charge is -2.15. The van der Waals surface area contributed by atoms with Gasteiger partial charge in [-0.2, -0.15) is 8.78 Å². The maximum absolute atomic E-state index is 13.2. The number of carbonyl (C=O) groups excluding carboxylic acids is 1. The number of carbonyl (C=O) groups is 1. The van der Waals surface area contributed by atoms with E-state index in [1.165, 1.54) is 42.5 Å². The van der Waals surface area contributed by atoms with Gasteiger partial charge in [-0.3, -0.25) is 4.79 Å². The van der Waals surface area contributed by atoms with Crippen molar-refractivity contribution in [2.45, 2.75) is 11.5 Å². The number of nitrogens with one attached hydrogen (secondary N) is 1. The van der Waals surface area contributed by atoms with Gasteiger partial charge in [0.05, 0.1) is 10.4 Å². The molecule has 0 atom stereocenters. The van der Waals surface area contributed by atoms with Gasteiger partial charge >= 0.3 is 6.61 Å². The number of aromatic nitrogens is 1. The van der Waals surface area contributed by atoms with Crippen molar-refractivity contribution in [1.82, 2.24) is 4.98 Å². The van der Waals surface area contributed by atoms with Crippen molar-refractivity contribution >= 4 is 32.3 Å². The Morgan fingerprint density at radius 1 is 0.941 bits per heavy atom. The molecule has 4 rings (SSSR count). The molecule has 0 fully saturated rings. The van der Waals surface area contributed by atoms with E-state index >= 15 is 0 Å². The van der Waals surface area contributed by atoms with E-state index < -0.39 is 22.4 Å². The number of alkyl halides is 2. The average Bonchev–Trinajstić information content (AvgIpc) is 2.79. The Balaban J connectivity index is 1.74. The smallest absolute Gasteiger partial charge is 0.387 e. The van der Waals surface area contributed by atoms with Crippen molar-refractivity contribution in [2.75, 3.05) is 11.6 Å². The summed E-state index contributed by atoms with van der Waals surface area (Å²) in [5.41, 5.74) is 0.768. The SMILES string of the molecule is CS(=O)(=O)c1cccc(NC(=O)c2cc3ccccc3nc2Oc2ccccc2OC(F)F)c1. The van der Waals surface area contributed by atoms with Gasteiger partial charge in [0.2, 0.25) is 5.88 Å². The summed E-state index contributed by atoms with van der Waals surface area (Å²) in [6.45, 7) is -3.07. The molecule has 1 N–H and O–H groups in total. The van der Waals surface area contributed by atoms with E-state index in [4.69, 9.17) is 4.74 Å². The monoisotopic (exact) mass is 484 g/mol. The fraction of sp³-hybridized carbons (Fsp3) is 0.0833. The van der Waals surface area contributed by atoms with Gasteiger partial charge in [-0.05, 0) is 42.5 Å². The molecule has 0 aliphatic rings. The number of amides is 1. The molecule has 1 heterocycles. The summed E-state index contributed by atoms with van der Waals surface area (Å²) in [5.74, 6) is -1.05. The molecule has 34 heavy (non-hydrogen) atoms. The van der Waals surface area contributed by atoms with Crippen LogP contribution in [-0.4, -0.2) is 32.2 Å². The lowest BCUT2D eigenvalue weighted by molar-refractivity contribution is -0.0510. The minimum Gasteiger partial charge on any atom is -0.434 e. The van der Waals surface area contributed by atoms with Crippen molar-refractivity contribution in [3.05, 3.63) is 84.4 Å². The first kappa shape index (κ1) is 23.1. The topological polar surface area (TPSA) is 94.6 Å². The molecule has 4 aromatic rings. The molecule has 1 amide bonds. The first-order valence-electron chi connectivity index (χ1n) is 9.93. The highest BCUT2D eigenvalue weighted by Gasteiger charge is 2.20. The second-order valence-electron chi connectivity index (χ2n) is 7.22. The van der Waals surface area contributed by atoms with Gasteiger partial charge in [0.15, 0.2) is 21.3 Å². The molecule has 0 bridgehead atoms. The third-order valence-electron chi connectivity index (χ3n) is 4.73. The minimum absolute atomic E-state index is 0.00955. The standard InChI is InChI=1S/C24H18F2N2O5S/c1-34(30,31)17-9-6-8-16(14-17)27-22(29)18-13-15-7-2-3-10-19(15)28-23(18)32-20-11-4-5-12-21(20)33-24(25)26/h2-14,24H,1H3,(H,27,29). The van der Waals surface area contributed by atoms with Gasteiger partial charge < -0.3 is 14.8 Å². The van der Waals surface area contributed by atoms with E-state index in [2.05, 4.69) is 15.0 Å². The van der Waals surface area contributed by atoms with Gasteiger partial charge in [0, 0.05) is 17.3 Å². The van der Waals surface area contributed by atoms with Gasteiger partial charge in [-0.1, -0.05) is 36.4 Å². The van der Waals surface area contributed by atoms with Crippen LogP contribution >= 0.6 is 0 Å². The molecule has 0 aliphatic heterocycles. The number of pyridine rings is 1. The van der Waals surface area contributed by atoms with Crippen molar-refractivity contribution in [3.63, 3.8) is 0 Å². The van der Waals surface area contributed by atoms with Crippen molar-refractivity contribution < 1.29 is 31.5 Å². The zero-order valence-corrected chi connectivity index (χ0v) is 18.6. The quantitative estimate of drug-likeness (QED) is 0.383. The molecule has 0 radical (unpaired) electrons. The maximum Gasteiger partial charge on any atom is 0.387 e. The predicted molar refractivity (Wildman–Crippen MR) is 122 cm³/mol. The molecule has 0 saturated carbocycles. The van der Waals surface area contributed by atoms with E-state index in [1.807, 2.05) is 0 Å². The molecular formula is C24H18F2N2O5S. The number of hydrogen-bond acceptors (Lipinski definition) is 6. The van der Waals surface area contributed by atoms with Gasteiger partial charge in [-0.15, -0.1) is 0 Å². The zero-order valence-electron chi connectivity index (χ0n) is 17.7. The van der Waals surface area contributed by atoms with E-state index in [1.54, 1.807) is 36.4 Å². The number of sulfone groups is 1. The third kappa shape index (κ3) is 5.29. The van der Waals surface area contributed by atoms with E-state index in [-0.39, 0.29) is 33.5 Å². The largest absolute Gasteiger partial charge is 0.434 e. The number of halogens is 2. The molecule has 10 heteroatoms. The van der Waals surface area contributed by atoms with Gasteiger partial charge in [-0.25, -0.2) is 13.4 Å². The Hall–Kier alpha value is -4.05. The lowest BCUT2D eigenvalue weighted by Crippen LogP contribution is -2.14.